The van der Waals surface area contributed by atoms with Crippen LogP contribution in [0.25, 0.3) is 0 Å². The highest BCUT2D eigenvalue weighted by molar-refractivity contribution is 6.01. The monoisotopic (exact) mass is 257 g/mol. The van der Waals surface area contributed by atoms with E-state index in [2.05, 4.69) is 9.97 Å². The first-order valence-corrected chi connectivity index (χ1v) is 5.84. The second-order valence-corrected chi connectivity index (χ2v) is 4.25. The van der Waals surface area contributed by atoms with E-state index in [4.69, 9.17) is 10.5 Å². The number of rotatable bonds is 4. The first kappa shape index (κ1) is 13.0. The maximum absolute atomic E-state index is 12.2. The highest BCUT2D eigenvalue weighted by Gasteiger charge is 2.12. The van der Waals surface area contributed by atoms with Crippen molar-refractivity contribution in [2.24, 2.45) is 0 Å². The lowest BCUT2D eigenvalue weighted by Crippen LogP contribution is -2.09. The van der Waals surface area contributed by atoms with E-state index in [1.54, 1.807) is 31.6 Å². The first-order valence-electron chi connectivity index (χ1n) is 5.84. The number of ether oxygens (including phenoxy) is 1. The SMILES string of the molecule is COc1ccc(CC(=O)c2cc(C)cnc2N)cn1. The molecular weight excluding hydrogens is 242 g/mol. The van der Waals surface area contributed by atoms with Crippen molar-refractivity contribution in [3.05, 3.63) is 47.3 Å². The highest BCUT2D eigenvalue weighted by atomic mass is 16.5. The van der Waals surface area contributed by atoms with Gasteiger partial charge in [0.25, 0.3) is 0 Å². The molecule has 0 amide bonds. The van der Waals surface area contributed by atoms with Crippen LogP contribution in [-0.4, -0.2) is 22.9 Å². The number of hydrogen-bond donors (Lipinski definition) is 1. The average molecular weight is 257 g/mol. The van der Waals surface area contributed by atoms with Gasteiger partial charge in [-0.2, -0.15) is 0 Å². The van der Waals surface area contributed by atoms with Gasteiger partial charge in [0, 0.05) is 24.9 Å². The molecule has 2 rings (SSSR count). The van der Waals surface area contributed by atoms with Gasteiger partial charge < -0.3 is 10.5 Å². The Bertz CT molecular complexity index is 594. The molecule has 0 aliphatic carbocycles. The molecule has 0 aliphatic heterocycles. The molecule has 0 spiro atoms. The summed E-state index contributed by atoms with van der Waals surface area (Å²) in [6.45, 7) is 1.87. The van der Waals surface area contributed by atoms with E-state index in [0.29, 0.717) is 11.4 Å². The number of hydrogen-bond acceptors (Lipinski definition) is 5. The van der Waals surface area contributed by atoms with Crippen LogP contribution in [-0.2, 0) is 6.42 Å². The molecule has 0 atom stereocenters. The third kappa shape index (κ3) is 3.07. The van der Waals surface area contributed by atoms with Crippen LogP contribution in [0.4, 0.5) is 5.82 Å². The van der Waals surface area contributed by atoms with Crippen molar-refractivity contribution < 1.29 is 9.53 Å². The number of nitrogens with zero attached hydrogens (tertiary/aromatic N) is 2. The molecule has 0 aliphatic rings. The maximum Gasteiger partial charge on any atom is 0.212 e. The third-order valence-corrected chi connectivity index (χ3v) is 2.73. The zero-order valence-electron chi connectivity index (χ0n) is 10.9. The molecule has 0 aromatic carbocycles. The molecular formula is C14H15N3O2. The summed E-state index contributed by atoms with van der Waals surface area (Å²) >= 11 is 0. The molecule has 0 saturated heterocycles. The lowest BCUT2D eigenvalue weighted by atomic mass is 10.0. The van der Waals surface area contributed by atoms with E-state index in [-0.39, 0.29) is 18.0 Å². The second-order valence-electron chi connectivity index (χ2n) is 4.25. The molecule has 0 unspecified atom stereocenters. The van der Waals surface area contributed by atoms with Gasteiger partial charge in [0.05, 0.1) is 12.7 Å². The average Bonchev–Trinajstić information content (AvgIpc) is 2.42. The Balaban J connectivity index is 2.18. The normalized spacial score (nSPS) is 10.2. The lowest BCUT2D eigenvalue weighted by molar-refractivity contribution is 0.0993. The van der Waals surface area contributed by atoms with E-state index in [9.17, 15) is 4.79 Å². The minimum atomic E-state index is -0.0688. The van der Waals surface area contributed by atoms with Gasteiger partial charge in [-0.1, -0.05) is 6.07 Å². The zero-order chi connectivity index (χ0) is 13.8. The number of anilines is 1. The molecule has 2 heterocycles. The minimum Gasteiger partial charge on any atom is -0.481 e. The lowest BCUT2D eigenvalue weighted by Gasteiger charge is -2.05. The number of ketones is 1. The fourth-order valence-electron chi connectivity index (χ4n) is 1.72. The van der Waals surface area contributed by atoms with Crippen molar-refractivity contribution in [2.45, 2.75) is 13.3 Å². The molecule has 5 heteroatoms. The van der Waals surface area contributed by atoms with Crippen molar-refractivity contribution in [3.63, 3.8) is 0 Å². The fraction of sp³-hybridized carbons (Fsp3) is 0.214. The molecule has 0 fully saturated rings. The van der Waals surface area contributed by atoms with Crippen LogP contribution in [0.3, 0.4) is 0 Å². The van der Waals surface area contributed by atoms with Crippen molar-refractivity contribution in [2.75, 3.05) is 12.8 Å². The Morgan fingerprint density at radius 3 is 2.74 bits per heavy atom. The summed E-state index contributed by atoms with van der Waals surface area (Å²) in [5.41, 5.74) is 7.90. The van der Waals surface area contributed by atoms with E-state index < -0.39 is 0 Å². The van der Waals surface area contributed by atoms with Crippen molar-refractivity contribution in [3.8, 4) is 5.88 Å². The van der Waals surface area contributed by atoms with Gasteiger partial charge in [0.2, 0.25) is 5.88 Å². The fourth-order valence-corrected chi connectivity index (χ4v) is 1.72. The molecule has 98 valence electrons. The highest BCUT2D eigenvalue weighted by Crippen LogP contribution is 2.15. The second kappa shape index (κ2) is 5.48. The Hall–Kier alpha value is -2.43. The van der Waals surface area contributed by atoms with Gasteiger partial charge in [-0.15, -0.1) is 0 Å². The number of nitrogens with two attached hydrogens (primary N) is 1. The molecule has 0 bridgehead atoms. The minimum absolute atomic E-state index is 0.0688. The van der Waals surface area contributed by atoms with Gasteiger partial charge in [-0.05, 0) is 24.1 Å². The number of aryl methyl sites for hydroxylation is 1. The predicted molar refractivity (Wildman–Crippen MR) is 72.2 cm³/mol. The summed E-state index contributed by atoms with van der Waals surface area (Å²) in [6, 6.07) is 5.28. The number of pyridine rings is 2. The van der Waals surface area contributed by atoms with Crippen LogP contribution in [0.15, 0.2) is 30.6 Å². The number of methoxy groups -OCH3 is 1. The topological polar surface area (TPSA) is 78.1 Å². The molecule has 0 saturated carbocycles. The zero-order valence-corrected chi connectivity index (χ0v) is 10.9. The summed E-state index contributed by atoms with van der Waals surface area (Å²) in [4.78, 5) is 20.2. The van der Waals surface area contributed by atoms with E-state index in [1.807, 2.05) is 13.0 Å². The van der Waals surface area contributed by atoms with Gasteiger partial charge in [-0.3, -0.25) is 4.79 Å². The van der Waals surface area contributed by atoms with Gasteiger partial charge >= 0.3 is 0 Å². The van der Waals surface area contributed by atoms with Gasteiger partial charge in [0.1, 0.15) is 5.82 Å². The van der Waals surface area contributed by atoms with E-state index in [0.717, 1.165) is 11.1 Å². The standard InChI is InChI=1S/C14H15N3O2/c1-9-5-11(14(15)17-7-9)12(18)6-10-3-4-13(19-2)16-8-10/h3-5,7-8H,6H2,1-2H3,(H2,15,17). The summed E-state index contributed by atoms with van der Waals surface area (Å²) in [6.07, 6.45) is 3.50. The first-order chi connectivity index (χ1) is 9.10. The van der Waals surface area contributed by atoms with Crippen molar-refractivity contribution in [1.82, 2.24) is 9.97 Å². The van der Waals surface area contributed by atoms with Crippen molar-refractivity contribution >= 4 is 11.6 Å². The van der Waals surface area contributed by atoms with Crippen LogP contribution < -0.4 is 10.5 Å². The molecule has 0 radical (unpaired) electrons. The number of carbonyl (C=O) groups excluding carboxylic acids is 1. The Kier molecular flexibility index (Phi) is 3.75. The van der Waals surface area contributed by atoms with Crippen LogP contribution in [0.2, 0.25) is 0 Å². The van der Waals surface area contributed by atoms with Crippen LogP contribution in [0.1, 0.15) is 21.5 Å². The largest absolute Gasteiger partial charge is 0.481 e. The van der Waals surface area contributed by atoms with E-state index in [1.165, 1.54) is 0 Å². The van der Waals surface area contributed by atoms with Crippen LogP contribution >= 0.6 is 0 Å². The summed E-state index contributed by atoms with van der Waals surface area (Å²) < 4.78 is 4.97. The number of carbonyl (C=O) groups is 1. The molecule has 2 N–H and O–H groups in total. The Morgan fingerprint density at radius 2 is 2.11 bits per heavy atom. The Labute approximate surface area is 111 Å². The van der Waals surface area contributed by atoms with Crippen molar-refractivity contribution in [1.29, 1.82) is 0 Å². The number of aromatic nitrogens is 2. The molecule has 5 nitrogen and oxygen atoms in total. The summed E-state index contributed by atoms with van der Waals surface area (Å²) in [7, 11) is 1.55. The quantitative estimate of drug-likeness (QED) is 0.845. The van der Waals surface area contributed by atoms with Crippen LogP contribution in [0, 0.1) is 6.92 Å². The molecule has 2 aromatic heterocycles. The molecule has 2 aromatic rings. The number of nitrogen functional groups attached to an aromatic ring is 1. The van der Waals surface area contributed by atoms with Gasteiger partial charge in [0.15, 0.2) is 5.78 Å². The van der Waals surface area contributed by atoms with Crippen LogP contribution in [0.5, 0.6) is 5.88 Å². The Morgan fingerprint density at radius 1 is 1.32 bits per heavy atom. The van der Waals surface area contributed by atoms with E-state index >= 15 is 0 Å². The third-order valence-electron chi connectivity index (χ3n) is 2.73. The smallest absolute Gasteiger partial charge is 0.212 e. The number of Topliss-reactive ketones (excluding diaryl/α,β-unsaturated/α-hetero) is 1. The molecule has 19 heavy (non-hydrogen) atoms. The summed E-state index contributed by atoms with van der Waals surface area (Å²) in [5.74, 6) is 0.714. The summed E-state index contributed by atoms with van der Waals surface area (Å²) in [5, 5.41) is 0. The predicted octanol–water partition coefficient (Wildman–Crippen LogP) is 1.80. The maximum atomic E-state index is 12.2. The van der Waals surface area contributed by atoms with Gasteiger partial charge in [-0.25, -0.2) is 9.97 Å².